The van der Waals surface area contributed by atoms with Crippen LogP contribution >= 0.6 is 15.9 Å². The molecule has 1 heterocycles. The number of aromatic nitrogens is 1. The van der Waals surface area contributed by atoms with E-state index >= 15 is 0 Å². The summed E-state index contributed by atoms with van der Waals surface area (Å²) in [5, 5.41) is 6.05. The summed E-state index contributed by atoms with van der Waals surface area (Å²) < 4.78 is 55.7. The van der Waals surface area contributed by atoms with Crippen molar-refractivity contribution in [2.45, 2.75) is 71.3 Å². The molecule has 8 heteroatoms. The number of fused-ring (bicyclic) bond motifs is 1. The third kappa shape index (κ3) is 5.00. The minimum absolute atomic E-state index is 0.107. The Morgan fingerprint density at radius 2 is 1.75 bits per heavy atom. The second-order valence-corrected chi connectivity index (χ2v) is 11.8. The Kier molecular flexibility index (Phi) is 6.49. The fourth-order valence-corrected chi connectivity index (χ4v) is 4.12. The molecule has 0 aliphatic heterocycles. The van der Waals surface area contributed by atoms with Gasteiger partial charge in [-0.2, -0.15) is 13.2 Å². The first-order chi connectivity index (χ1) is 12.5. The molecule has 0 saturated carbocycles. The van der Waals surface area contributed by atoms with E-state index in [2.05, 4.69) is 15.9 Å². The van der Waals surface area contributed by atoms with Crippen molar-refractivity contribution in [3.63, 3.8) is 0 Å². The Balaban J connectivity index is 2.75. The van der Waals surface area contributed by atoms with E-state index in [0.29, 0.717) is 11.9 Å². The van der Waals surface area contributed by atoms with Gasteiger partial charge in [0.05, 0.1) is 27.2 Å². The summed E-state index contributed by atoms with van der Waals surface area (Å²) in [7, 11) is -1.87. The molecule has 1 aromatic carbocycles. The summed E-state index contributed by atoms with van der Waals surface area (Å²) in [5.41, 5.74) is 1.79. The molecule has 0 bridgehead atoms. The van der Waals surface area contributed by atoms with Crippen LogP contribution in [-0.2, 0) is 17.5 Å². The average molecular weight is 481 g/mol. The molecule has 1 unspecified atom stereocenters. The molecular weight excluding hydrogens is 453 g/mol. The number of halogens is 4. The first kappa shape index (κ1) is 23.4. The molecule has 2 N–H and O–H groups in total. The second-order valence-electron chi connectivity index (χ2n) is 9.20. The van der Waals surface area contributed by atoms with Crippen molar-refractivity contribution >= 4 is 37.8 Å². The van der Waals surface area contributed by atoms with Crippen LogP contribution < -0.4 is 5.14 Å². The standard InChI is InChI=1S/C20H28BrF3N2OS/c1-12-16(21)8-7-13-14(10-26(17(12)13)11-18(2,3)4)15(20(22,23)24)9-19(5,6)28(25)27/h7-8,10,15H,9,11,25H2,1-6H3/t15-,28?/m0/s1. The number of rotatable bonds is 5. The van der Waals surface area contributed by atoms with Gasteiger partial charge in [0.1, 0.15) is 0 Å². The molecule has 2 aromatic rings. The van der Waals surface area contributed by atoms with Crippen LogP contribution in [0.1, 0.15) is 58.1 Å². The summed E-state index contributed by atoms with van der Waals surface area (Å²) in [5.74, 6) is -1.75. The van der Waals surface area contributed by atoms with Gasteiger partial charge in [-0.1, -0.05) is 42.8 Å². The third-order valence-electron chi connectivity index (χ3n) is 4.91. The number of hydrogen-bond acceptors (Lipinski definition) is 1. The maximum Gasteiger partial charge on any atom is 0.395 e. The lowest BCUT2D eigenvalue weighted by molar-refractivity contribution is -0.152. The molecule has 28 heavy (non-hydrogen) atoms. The number of aryl methyl sites for hydroxylation is 1. The molecule has 0 aliphatic carbocycles. The van der Waals surface area contributed by atoms with Gasteiger partial charge in [-0.05, 0) is 49.8 Å². The third-order valence-corrected chi connectivity index (χ3v) is 7.03. The summed E-state index contributed by atoms with van der Waals surface area (Å²) in [6.45, 7) is 11.7. The van der Waals surface area contributed by atoms with Gasteiger partial charge in [0.2, 0.25) is 0 Å². The lowest BCUT2D eigenvalue weighted by atomic mass is 9.88. The van der Waals surface area contributed by atoms with Crippen LogP contribution in [0.4, 0.5) is 13.2 Å². The van der Waals surface area contributed by atoms with E-state index in [1.54, 1.807) is 18.3 Å². The normalized spacial score (nSPS) is 15.8. The van der Waals surface area contributed by atoms with Gasteiger partial charge in [0, 0.05) is 22.6 Å². The predicted octanol–water partition coefficient (Wildman–Crippen LogP) is 6.20. The van der Waals surface area contributed by atoms with E-state index in [1.165, 1.54) is 13.8 Å². The molecule has 3 nitrogen and oxygen atoms in total. The molecule has 2 rings (SSSR count). The van der Waals surface area contributed by atoms with E-state index in [1.807, 2.05) is 32.3 Å². The van der Waals surface area contributed by atoms with Gasteiger partial charge < -0.3 is 4.57 Å². The fourth-order valence-electron chi connectivity index (χ4n) is 3.47. The van der Waals surface area contributed by atoms with Crippen molar-refractivity contribution in [3.8, 4) is 0 Å². The topological polar surface area (TPSA) is 48.0 Å². The van der Waals surface area contributed by atoms with E-state index in [0.717, 1.165) is 15.6 Å². The van der Waals surface area contributed by atoms with Gasteiger partial charge in [0.25, 0.3) is 0 Å². The van der Waals surface area contributed by atoms with Crippen molar-refractivity contribution < 1.29 is 17.4 Å². The first-order valence-electron chi connectivity index (χ1n) is 9.05. The highest BCUT2D eigenvalue weighted by Crippen LogP contribution is 2.45. The first-order valence-corrected chi connectivity index (χ1v) is 11.1. The van der Waals surface area contributed by atoms with Crippen molar-refractivity contribution in [2.75, 3.05) is 0 Å². The highest BCUT2D eigenvalue weighted by atomic mass is 79.9. The molecule has 0 radical (unpaired) electrons. The molecular formula is C20H28BrF3N2OS. The zero-order valence-corrected chi connectivity index (χ0v) is 19.5. The van der Waals surface area contributed by atoms with Gasteiger partial charge in [-0.25, -0.2) is 4.21 Å². The molecule has 1 aromatic heterocycles. The number of nitrogens with two attached hydrogens (primary N) is 1. The highest BCUT2D eigenvalue weighted by molar-refractivity contribution is 9.10. The molecule has 0 saturated heterocycles. The van der Waals surface area contributed by atoms with E-state index in [4.69, 9.17) is 5.14 Å². The van der Waals surface area contributed by atoms with Crippen molar-refractivity contribution in [1.82, 2.24) is 4.57 Å². The molecule has 158 valence electrons. The Bertz CT molecular complexity index is 897. The van der Waals surface area contributed by atoms with Gasteiger partial charge in [0.15, 0.2) is 0 Å². The fraction of sp³-hybridized carbons (Fsp3) is 0.600. The number of benzene rings is 1. The molecule has 0 fully saturated rings. The summed E-state index contributed by atoms with van der Waals surface area (Å²) in [6, 6.07) is 3.51. The maximum absolute atomic E-state index is 14.1. The van der Waals surface area contributed by atoms with Crippen LogP contribution in [-0.4, -0.2) is 19.7 Å². The quantitative estimate of drug-likeness (QED) is 0.544. The smallest absolute Gasteiger partial charge is 0.346 e. The number of nitrogens with zero attached hydrogens (tertiary/aromatic N) is 1. The SMILES string of the molecule is Cc1c(Br)ccc2c([C@H](CC(C)(C)S(N)=O)C(F)(F)F)cn(CC(C)(C)C)c12. The largest absolute Gasteiger partial charge is 0.395 e. The Morgan fingerprint density at radius 1 is 1.18 bits per heavy atom. The Labute approximate surface area is 175 Å². The monoisotopic (exact) mass is 480 g/mol. The molecule has 2 atom stereocenters. The lowest BCUT2D eigenvalue weighted by Crippen LogP contribution is -2.37. The second kappa shape index (κ2) is 7.76. The van der Waals surface area contributed by atoms with Crippen LogP contribution in [0.2, 0.25) is 0 Å². The highest BCUT2D eigenvalue weighted by Gasteiger charge is 2.46. The summed E-state index contributed by atoms with van der Waals surface area (Å²) in [4.78, 5) is 0. The lowest BCUT2D eigenvalue weighted by Gasteiger charge is -2.29. The predicted molar refractivity (Wildman–Crippen MR) is 114 cm³/mol. The van der Waals surface area contributed by atoms with E-state index in [-0.39, 0.29) is 17.4 Å². The minimum Gasteiger partial charge on any atom is -0.346 e. The molecule has 0 spiro atoms. The van der Waals surface area contributed by atoms with Gasteiger partial charge in [-0.3, -0.25) is 5.14 Å². The van der Waals surface area contributed by atoms with Crippen molar-refractivity contribution in [2.24, 2.45) is 10.6 Å². The van der Waals surface area contributed by atoms with Gasteiger partial charge in [-0.15, -0.1) is 0 Å². The summed E-state index contributed by atoms with van der Waals surface area (Å²) in [6.07, 6.45) is -3.20. The Hall–Kier alpha value is -0.860. The molecule has 0 amide bonds. The van der Waals surface area contributed by atoms with Crippen LogP contribution in [0.15, 0.2) is 22.8 Å². The van der Waals surface area contributed by atoms with Crippen molar-refractivity contribution in [3.05, 3.63) is 33.9 Å². The maximum atomic E-state index is 14.1. The zero-order chi connectivity index (χ0) is 21.7. The molecule has 0 aliphatic rings. The Morgan fingerprint density at radius 3 is 2.21 bits per heavy atom. The van der Waals surface area contributed by atoms with Crippen molar-refractivity contribution in [1.29, 1.82) is 0 Å². The van der Waals surface area contributed by atoms with E-state index < -0.39 is 27.8 Å². The van der Waals surface area contributed by atoms with Crippen LogP contribution in [0.3, 0.4) is 0 Å². The van der Waals surface area contributed by atoms with Crippen LogP contribution in [0.25, 0.3) is 10.9 Å². The zero-order valence-electron chi connectivity index (χ0n) is 17.1. The van der Waals surface area contributed by atoms with E-state index in [9.17, 15) is 17.4 Å². The van der Waals surface area contributed by atoms with Gasteiger partial charge >= 0.3 is 6.18 Å². The number of alkyl halides is 3. The minimum atomic E-state index is -4.47. The van der Waals surface area contributed by atoms with Crippen LogP contribution in [0, 0.1) is 12.3 Å². The van der Waals surface area contributed by atoms with Crippen LogP contribution in [0.5, 0.6) is 0 Å². The number of hydrogen-bond donors (Lipinski definition) is 1. The summed E-state index contributed by atoms with van der Waals surface area (Å²) >= 11 is 3.49. The average Bonchev–Trinajstić information content (AvgIpc) is 2.84.